The average Bonchev–Trinajstić information content (AvgIpc) is 2.64. The molecule has 2 rings (SSSR count). The van der Waals surface area contributed by atoms with E-state index >= 15 is 0 Å². The van der Waals surface area contributed by atoms with Crippen LogP contribution in [0.2, 0.25) is 5.02 Å². The van der Waals surface area contributed by atoms with Gasteiger partial charge < -0.3 is 15.4 Å². The van der Waals surface area contributed by atoms with Gasteiger partial charge in [0.2, 0.25) is 11.8 Å². The summed E-state index contributed by atoms with van der Waals surface area (Å²) in [6.45, 7) is 6.05. The van der Waals surface area contributed by atoms with E-state index in [2.05, 4.69) is 10.6 Å². The summed E-state index contributed by atoms with van der Waals surface area (Å²) in [5.74, 6) is 0.452. The van der Waals surface area contributed by atoms with E-state index in [-0.39, 0.29) is 17.6 Å². The molecule has 0 saturated carbocycles. The minimum absolute atomic E-state index is 0.167. The Balaban J connectivity index is 1.86. The number of carbonyl (C=O) groups is 2. The van der Waals surface area contributed by atoms with Crippen molar-refractivity contribution in [2.24, 2.45) is 0 Å². The Bertz CT molecular complexity index is 814. The lowest BCUT2D eigenvalue weighted by atomic mass is 10.2. The molecule has 0 saturated heterocycles. The summed E-state index contributed by atoms with van der Waals surface area (Å²) in [5, 5.41) is 5.92. The Hall–Kier alpha value is -2.18. The summed E-state index contributed by atoms with van der Waals surface area (Å²) in [7, 11) is 0. The number of carbonyl (C=O) groups excluding carboxylic acids is 2. The van der Waals surface area contributed by atoms with Crippen LogP contribution in [0, 0.1) is 6.92 Å². The second-order valence-electron chi connectivity index (χ2n) is 5.88. The topological polar surface area (TPSA) is 67.4 Å². The Labute approximate surface area is 168 Å². The fraction of sp³-hybridized carbons (Fsp3) is 0.300. The zero-order chi connectivity index (χ0) is 19.8. The van der Waals surface area contributed by atoms with Crippen LogP contribution < -0.4 is 15.4 Å². The van der Waals surface area contributed by atoms with E-state index in [9.17, 15) is 9.59 Å². The molecular weight excluding hydrogens is 384 g/mol. The fourth-order valence-electron chi connectivity index (χ4n) is 2.32. The van der Waals surface area contributed by atoms with Gasteiger partial charge in [0.05, 0.1) is 23.3 Å². The van der Waals surface area contributed by atoms with Gasteiger partial charge in [0.25, 0.3) is 0 Å². The number of rotatable bonds is 8. The first-order valence-electron chi connectivity index (χ1n) is 8.61. The van der Waals surface area contributed by atoms with Crippen LogP contribution in [-0.4, -0.2) is 29.4 Å². The van der Waals surface area contributed by atoms with Gasteiger partial charge in [-0.05, 0) is 56.7 Å². The van der Waals surface area contributed by atoms with Crippen LogP contribution in [-0.2, 0) is 9.59 Å². The number of anilines is 2. The van der Waals surface area contributed by atoms with Gasteiger partial charge in [0.1, 0.15) is 5.75 Å². The maximum Gasteiger partial charge on any atom is 0.237 e. The van der Waals surface area contributed by atoms with Crippen molar-refractivity contribution < 1.29 is 14.3 Å². The van der Waals surface area contributed by atoms with Gasteiger partial charge in [-0.2, -0.15) is 0 Å². The molecule has 0 aliphatic rings. The molecule has 1 unspecified atom stereocenters. The molecule has 2 aromatic carbocycles. The summed E-state index contributed by atoms with van der Waals surface area (Å²) in [6, 6.07) is 12.6. The zero-order valence-corrected chi connectivity index (χ0v) is 17.1. The summed E-state index contributed by atoms with van der Waals surface area (Å²) < 4.78 is 5.51. The first kappa shape index (κ1) is 21.1. The second kappa shape index (κ2) is 10.2. The molecule has 0 aliphatic heterocycles. The lowest BCUT2D eigenvalue weighted by Gasteiger charge is -2.15. The van der Waals surface area contributed by atoms with Gasteiger partial charge in [0.15, 0.2) is 0 Å². The smallest absolute Gasteiger partial charge is 0.237 e. The summed E-state index contributed by atoms with van der Waals surface area (Å²) in [4.78, 5) is 24.6. The number of nitrogens with one attached hydrogen (secondary N) is 2. The standard InChI is InChI=1S/C20H23ClN2O3S/c1-4-26-18-8-6-5-7-17(18)23-20(25)14(3)27-12-19(24)22-16-10-9-15(21)11-13(16)2/h5-11,14H,4,12H2,1-3H3,(H,22,24)(H,23,25). The molecule has 0 bridgehead atoms. The van der Waals surface area contributed by atoms with Crippen LogP contribution in [0.3, 0.4) is 0 Å². The minimum atomic E-state index is -0.392. The van der Waals surface area contributed by atoms with Gasteiger partial charge in [-0.1, -0.05) is 23.7 Å². The first-order chi connectivity index (χ1) is 12.9. The number of ether oxygens (including phenoxy) is 1. The average molecular weight is 407 g/mol. The number of hydrogen-bond donors (Lipinski definition) is 2. The monoisotopic (exact) mass is 406 g/mol. The molecule has 0 spiro atoms. The maximum absolute atomic E-state index is 12.4. The zero-order valence-electron chi connectivity index (χ0n) is 15.5. The third kappa shape index (κ3) is 6.48. The Morgan fingerprint density at radius 2 is 1.89 bits per heavy atom. The second-order valence-corrected chi connectivity index (χ2v) is 7.64. The van der Waals surface area contributed by atoms with Crippen molar-refractivity contribution in [1.29, 1.82) is 0 Å². The van der Waals surface area contributed by atoms with Crippen molar-refractivity contribution in [1.82, 2.24) is 0 Å². The van der Waals surface area contributed by atoms with Gasteiger partial charge in [-0.3, -0.25) is 9.59 Å². The highest BCUT2D eigenvalue weighted by Crippen LogP contribution is 2.25. The number of amides is 2. The molecule has 2 N–H and O–H groups in total. The van der Waals surface area contributed by atoms with E-state index in [1.807, 2.05) is 26.0 Å². The van der Waals surface area contributed by atoms with Gasteiger partial charge in [-0.15, -0.1) is 11.8 Å². The predicted octanol–water partition coefficient (Wildman–Crippen LogP) is 4.75. The third-order valence-corrected chi connectivity index (χ3v) is 5.12. The number of benzene rings is 2. The molecule has 2 aromatic rings. The molecular formula is C20H23ClN2O3S. The first-order valence-corrected chi connectivity index (χ1v) is 10.0. The number of hydrogen-bond acceptors (Lipinski definition) is 4. The van der Waals surface area contributed by atoms with Gasteiger partial charge in [-0.25, -0.2) is 0 Å². The van der Waals surface area contributed by atoms with E-state index in [0.29, 0.717) is 28.8 Å². The summed E-state index contributed by atoms with van der Waals surface area (Å²) >= 11 is 7.19. The molecule has 27 heavy (non-hydrogen) atoms. The van der Waals surface area contributed by atoms with Crippen LogP contribution in [0.25, 0.3) is 0 Å². The van der Waals surface area contributed by atoms with Crippen molar-refractivity contribution in [3.05, 3.63) is 53.1 Å². The van der Waals surface area contributed by atoms with Crippen LogP contribution in [0.15, 0.2) is 42.5 Å². The van der Waals surface area contributed by atoms with E-state index in [0.717, 1.165) is 5.56 Å². The van der Waals surface area contributed by atoms with Crippen LogP contribution in [0.1, 0.15) is 19.4 Å². The summed E-state index contributed by atoms with van der Waals surface area (Å²) in [5.41, 5.74) is 2.23. The molecule has 0 aromatic heterocycles. The Morgan fingerprint density at radius 3 is 2.59 bits per heavy atom. The Kier molecular flexibility index (Phi) is 8.00. The molecule has 0 aliphatic carbocycles. The molecule has 2 amide bonds. The lowest BCUT2D eigenvalue weighted by Crippen LogP contribution is -2.25. The van der Waals surface area contributed by atoms with E-state index in [4.69, 9.17) is 16.3 Å². The molecule has 0 heterocycles. The highest BCUT2D eigenvalue weighted by Gasteiger charge is 2.17. The van der Waals surface area contributed by atoms with Gasteiger partial charge in [0, 0.05) is 10.7 Å². The van der Waals surface area contributed by atoms with E-state index in [1.165, 1.54) is 11.8 Å². The maximum atomic E-state index is 12.4. The molecule has 144 valence electrons. The van der Waals surface area contributed by atoms with Gasteiger partial charge >= 0.3 is 0 Å². The highest BCUT2D eigenvalue weighted by molar-refractivity contribution is 8.01. The number of para-hydroxylation sites is 2. The van der Waals surface area contributed by atoms with Crippen molar-refractivity contribution in [3.63, 3.8) is 0 Å². The molecule has 5 nitrogen and oxygen atoms in total. The number of halogens is 1. The van der Waals surface area contributed by atoms with Crippen molar-refractivity contribution in [2.45, 2.75) is 26.0 Å². The van der Waals surface area contributed by atoms with Crippen molar-refractivity contribution in [2.75, 3.05) is 23.0 Å². The normalized spacial score (nSPS) is 11.6. The lowest BCUT2D eigenvalue weighted by molar-refractivity contribution is -0.115. The quantitative estimate of drug-likeness (QED) is 0.664. The van der Waals surface area contributed by atoms with E-state index < -0.39 is 5.25 Å². The number of aryl methyl sites for hydroxylation is 1. The van der Waals surface area contributed by atoms with E-state index in [1.54, 1.807) is 37.3 Å². The molecule has 1 atom stereocenters. The molecule has 0 radical (unpaired) electrons. The number of thioether (sulfide) groups is 1. The SMILES string of the molecule is CCOc1ccccc1NC(=O)C(C)SCC(=O)Nc1ccc(Cl)cc1C. The summed E-state index contributed by atoms with van der Waals surface area (Å²) in [6.07, 6.45) is 0. The fourth-order valence-corrected chi connectivity index (χ4v) is 3.23. The van der Waals surface area contributed by atoms with Crippen molar-refractivity contribution >= 4 is 46.6 Å². The minimum Gasteiger partial charge on any atom is -0.492 e. The Morgan fingerprint density at radius 1 is 1.15 bits per heavy atom. The largest absolute Gasteiger partial charge is 0.492 e. The highest BCUT2D eigenvalue weighted by atomic mass is 35.5. The molecule has 0 fully saturated rings. The van der Waals surface area contributed by atoms with Crippen LogP contribution in [0.4, 0.5) is 11.4 Å². The van der Waals surface area contributed by atoms with Crippen LogP contribution in [0.5, 0.6) is 5.75 Å². The van der Waals surface area contributed by atoms with Crippen LogP contribution >= 0.6 is 23.4 Å². The van der Waals surface area contributed by atoms with Crippen molar-refractivity contribution in [3.8, 4) is 5.75 Å². The molecule has 7 heteroatoms. The third-order valence-electron chi connectivity index (χ3n) is 3.74. The predicted molar refractivity (Wildman–Crippen MR) is 113 cm³/mol.